The van der Waals surface area contributed by atoms with E-state index >= 15 is 0 Å². The van der Waals surface area contributed by atoms with Crippen LogP contribution in [0.3, 0.4) is 0 Å². The number of benzene rings is 1. The summed E-state index contributed by atoms with van der Waals surface area (Å²) in [6, 6.07) is 6.21. The highest BCUT2D eigenvalue weighted by atomic mass is 19.1. The first-order chi connectivity index (χ1) is 14.9. The molecule has 0 N–H and O–H groups in total. The van der Waals surface area contributed by atoms with Crippen LogP contribution in [0.2, 0.25) is 0 Å². The normalized spacial score (nSPS) is 23.3. The number of ether oxygens (including phenoxy) is 1. The Morgan fingerprint density at radius 1 is 1.13 bits per heavy atom. The highest BCUT2D eigenvalue weighted by Crippen LogP contribution is 2.24. The number of hydrogen-bond acceptors (Lipinski definition) is 4. The number of nitrogens with zero attached hydrogens (tertiary/aromatic N) is 4. The average Bonchev–Trinajstić information content (AvgIpc) is 3.17. The van der Waals surface area contributed by atoms with Crippen LogP contribution < -0.4 is 0 Å². The maximum Gasteiger partial charge on any atom is 0.257 e. The number of amides is 1. The van der Waals surface area contributed by atoms with Gasteiger partial charge in [-0.3, -0.25) is 9.69 Å². The minimum atomic E-state index is -0.283. The van der Waals surface area contributed by atoms with Crippen LogP contribution in [0.25, 0.3) is 5.69 Å². The molecule has 2 aliphatic rings. The molecular formula is C24H33FN4O2. The summed E-state index contributed by atoms with van der Waals surface area (Å²) in [7, 11) is 0. The minimum Gasteiger partial charge on any atom is -0.373 e. The van der Waals surface area contributed by atoms with Crippen molar-refractivity contribution in [3.63, 3.8) is 0 Å². The van der Waals surface area contributed by atoms with Gasteiger partial charge < -0.3 is 9.64 Å². The number of halogens is 1. The van der Waals surface area contributed by atoms with Crippen molar-refractivity contribution in [2.75, 3.05) is 32.7 Å². The molecule has 0 radical (unpaired) electrons. The zero-order valence-corrected chi connectivity index (χ0v) is 18.8. The Morgan fingerprint density at radius 3 is 2.39 bits per heavy atom. The van der Waals surface area contributed by atoms with Crippen molar-refractivity contribution >= 4 is 5.91 Å². The summed E-state index contributed by atoms with van der Waals surface area (Å²) >= 11 is 0. The van der Waals surface area contributed by atoms with E-state index in [-0.39, 0.29) is 23.9 Å². The van der Waals surface area contributed by atoms with Gasteiger partial charge in [-0.2, -0.15) is 5.10 Å². The number of piperidine rings is 1. The second-order valence-electron chi connectivity index (χ2n) is 8.96. The highest BCUT2D eigenvalue weighted by Gasteiger charge is 2.29. The third kappa shape index (κ3) is 4.99. The van der Waals surface area contributed by atoms with Gasteiger partial charge >= 0.3 is 0 Å². The van der Waals surface area contributed by atoms with Crippen LogP contribution in [0.4, 0.5) is 4.39 Å². The first kappa shape index (κ1) is 22.0. The van der Waals surface area contributed by atoms with Crippen LogP contribution >= 0.6 is 0 Å². The minimum absolute atomic E-state index is 0.0530. The lowest BCUT2D eigenvalue weighted by Gasteiger charge is -2.39. The number of hydrogen-bond donors (Lipinski definition) is 0. The molecule has 4 rings (SSSR count). The Morgan fingerprint density at radius 2 is 1.77 bits per heavy atom. The van der Waals surface area contributed by atoms with E-state index in [9.17, 15) is 9.18 Å². The fourth-order valence-electron chi connectivity index (χ4n) is 4.99. The second kappa shape index (κ2) is 9.49. The molecule has 1 amide bonds. The van der Waals surface area contributed by atoms with Gasteiger partial charge in [-0.15, -0.1) is 0 Å². The summed E-state index contributed by atoms with van der Waals surface area (Å²) in [5, 5.41) is 4.44. The largest absolute Gasteiger partial charge is 0.373 e. The van der Waals surface area contributed by atoms with Crippen molar-refractivity contribution in [1.29, 1.82) is 0 Å². The van der Waals surface area contributed by atoms with E-state index < -0.39 is 0 Å². The van der Waals surface area contributed by atoms with Gasteiger partial charge in [-0.25, -0.2) is 9.07 Å². The van der Waals surface area contributed by atoms with E-state index in [1.165, 1.54) is 12.1 Å². The highest BCUT2D eigenvalue weighted by molar-refractivity contribution is 5.95. The van der Waals surface area contributed by atoms with Gasteiger partial charge in [0.15, 0.2) is 0 Å². The van der Waals surface area contributed by atoms with Crippen molar-refractivity contribution in [3.8, 4) is 5.69 Å². The first-order valence-corrected chi connectivity index (χ1v) is 11.4. The molecule has 2 unspecified atom stereocenters. The molecule has 2 fully saturated rings. The number of aromatic nitrogens is 2. The van der Waals surface area contributed by atoms with Crippen molar-refractivity contribution in [2.45, 2.75) is 52.2 Å². The topological polar surface area (TPSA) is 50.6 Å². The molecule has 6 nitrogen and oxygen atoms in total. The number of rotatable bonds is 5. The van der Waals surface area contributed by atoms with Crippen molar-refractivity contribution in [1.82, 2.24) is 19.6 Å². The quantitative estimate of drug-likeness (QED) is 0.731. The molecule has 7 heteroatoms. The Hall–Kier alpha value is -2.25. The zero-order valence-electron chi connectivity index (χ0n) is 18.8. The summed E-state index contributed by atoms with van der Waals surface area (Å²) in [5.41, 5.74) is 2.29. The zero-order chi connectivity index (χ0) is 22.0. The molecule has 31 heavy (non-hydrogen) atoms. The summed E-state index contributed by atoms with van der Waals surface area (Å²) in [6.07, 6.45) is 4.97. The van der Waals surface area contributed by atoms with Crippen LogP contribution in [0.1, 0.15) is 49.7 Å². The van der Waals surface area contributed by atoms with Crippen LogP contribution in [-0.4, -0.2) is 70.4 Å². The lowest BCUT2D eigenvalue weighted by atomic mass is 9.95. The smallest absolute Gasteiger partial charge is 0.257 e. The number of likely N-dealkylation sites (tertiary alicyclic amines) is 1. The fourth-order valence-corrected chi connectivity index (χ4v) is 4.99. The molecule has 2 atom stereocenters. The number of morpholine rings is 1. The summed E-state index contributed by atoms with van der Waals surface area (Å²) in [4.78, 5) is 17.7. The van der Waals surface area contributed by atoms with Gasteiger partial charge in [0.05, 0.1) is 35.3 Å². The molecule has 0 bridgehead atoms. The van der Waals surface area contributed by atoms with Crippen molar-refractivity contribution < 1.29 is 13.9 Å². The first-order valence-electron chi connectivity index (χ1n) is 11.4. The summed E-state index contributed by atoms with van der Waals surface area (Å²) in [5.74, 6) is 0.389. The van der Waals surface area contributed by atoms with Gasteiger partial charge in [0.2, 0.25) is 0 Å². The Kier molecular flexibility index (Phi) is 6.72. The molecule has 1 aromatic heterocycles. The molecule has 168 valence electrons. The summed E-state index contributed by atoms with van der Waals surface area (Å²) < 4.78 is 20.9. The van der Waals surface area contributed by atoms with E-state index in [1.807, 2.05) is 11.8 Å². The van der Waals surface area contributed by atoms with Crippen molar-refractivity contribution in [2.24, 2.45) is 5.92 Å². The maximum atomic E-state index is 13.3. The van der Waals surface area contributed by atoms with E-state index in [1.54, 1.807) is 23.0 Å². The fraction of sp³-hybridized carbons (Fsp3) is 0.583. The van der Waals surface area contributed by atoms with Gasteiger partial charge in [-0.1, -0.05) is 6.92 Å². The van der Waals surface area contributed by atoms with Crippen LogP contribution in [-0.2, 0) is 11.2 Å². The second-order valence-corrected chi connectivity index (χ2v) is 8.96. The van der Waals surface area contributed by atoms with Gasteiger partial charge in [0.1, 0.15) is 5.82 Å². The predicted octanol–water partition coefficient (Wildman–Crippen LogP) is 3.54. The van der Waals surface area contributed by atoms with E-state index in [0.717, 1.165) is 56.9 Å². The number of carbonyl (C=O) groups excluding carboxylic acids is 1. The molecule has 2 aliphatic heterocycles. The molecule has 0 aliphatic carbocycles. The van der Waals surface area contributed by atoms with Crippen LogP contribution in [0.5, 0.6) is 0 Å². The third-order valence-electron chi connectivity index (χ3n) is 6.42. The average molecular weight is 429 g/mol. The lowest BCUT2D eigenvalue weighted by molar-refractivity contribution is -0.0728. The molecule has 2 aromatic rings. The molecule has 2 saturated heterocycles. The lowest BCUT2D eigenvalue weighted by Crippen LogP contribution is -2.48. The molecular weight excluding hydrogens is 395 g/mol. The molecule has 1 aromatic carbocycles. The predicted molar refractivity (Wildman–Crippen MR) is 118 cm³/mol. The Bertz CT molecular complexity index is 879. The Balaban J connectivity index is 1.38. The third-order valence-corrected chi connectivity index (χ3v) is 6.42. The monoisotopic (exact) mass is 428 g/mol. The standard InChI is InChI=1S/C24H33FN4O2/c1-4-23-22(13-26-29(23)21-7-5-20(25)6-8-21)24(30)28-11-9-19(10-12-28)16-27-14-17(2)31-18(3)15-27/h5-8,13,17-19H,4,9-12,14-16H2,1-3H3. The van der Waals surface area contributed by atoms with E-state index in [4.69, 9.17) is 4.74 Å². The van der Waals surface area contributed by atoms with Crippen LogP contribution in [0.15, 0.2) is 30.5 Å². The maximum absolute atomic E-state index is 13.3. The van der Waals surface area contributed by atoms with Gasteiger partial charge in [0.25, 0.3) is 5.91 Å². The summed E-state index contributed by atoms with van der Waals surface area (Å²) in [6.45, 7) is 10.9. The van der Waals surface area contributed by atoms with Crippen LogP contribution in [0, 0.1) is 11.7 Å². The van der Waals surface area contributed by atoms with Gasteiger partial charge in [0, 0.05) is 32.7 Å². The molecule has 0 saturated carbocycles. The molecule has 0 spiro atoms. The van der Waals surface area contributed by atoms with E-state index in [2.05, 4.69) is 23.8 Å². The van der Waals surface area contributed by atoms with Crippen molar-refractivity contribution in [3.05, 3.63) is 47.5 Å². The van der Waals surface area contributed by atoms with E-state index in [0.29, 0.717) is 17.9 Å². The van der Waals surface area contributed by atoms with Gasteiger partial charge in [-0.05, 0) is 63.3 Å². The SMILES string of the molecule is CCc1c(C(=O)N2CCC(CN3CC(C)OC(C)C3)CC2)cnn1-c1ccc(F)cc1. The number of carbonyl (C=O) groups is 1. The Labute approximate surface area is 184 Å². The molecule has 3 heterocycles.